The van der Waals surface area contributed by atoms with Gasteiger partial charge in [-0.1, -0.05) is 26.0 Å². The molecule has 0 saturated heterocycles. The van der Waals surface area contributed by atoms with Crippen molar-refractivity contribution in [3.05, 3.63) is 54.1 Å². The van der Waals surface area contributed by atoms with Gasteiger partial charge < -0.3 is 19.7 Å². The molecule has 2 rings (SSSR count). The van der Waals surface area contributed by atoms with Crippen molar-refractivity contribution in [3.63, 3.8) is 0 Å². The van der Waals surface area contributed by atoms with Crippen LogP contribution < -0.4 is 19.1 Å². The Balaban J connectivity index is 2.17. The van der Waals surface area contributed by atoms with Crippen molar-refractivity contribution in [1.29, 1.82) is 0 Å². The molecule has 210 valence electrons. The number of ether oxygens (including phenoxy) is 2. The van der Waals surface area contributed by atoms with Crippen LogP contribution in [-0.4, -0.2) is 64.2 Å². The molecule has 2 amide bonds. The molecule has 0 aliphatic heterocycles. The number of nitrogens with zero attached hydrogens (tertiary/aromatic N) is 2. The van der Waals surface area contributed by atoms with E-state index in [0.717, 1.165) is 11.8 Å². The number of amides is 2. The van der Waals surface area contributed by atoms with E-state index in [1.54, 1.807) is 38.3 Å². The minimum absolute atomic E-state index is 0.0782. The lowest BCUT2D eigenvalue weighted by atomic mass is 10.1. The second-order valence-electron chi connectivity index (χ2n) is 9.55. The van der Waals surface area contributed by atoms with Crippen molar-refractivity contribution in [1.82, 2.24) is 10.2 Å². The number of hydrogen-bond acceptors (Lipinski definition) is 6. The second-order valence-corrected chi connectivity index (χ2v) is 11.5. The average molecular weight is 548 g/mol. The van der Waals surface area contributed by atoms with Crippen LogP contribution in [0.15, 0.2) is 48.5 Å². The van der Waals surface area contributed by atoms with Gasteiger partial charge in [0.2, 0.25) is 21.8 Å². The van der Waals surface area contributed by atoms with Gasteiger partial charge >= 0.3 is 0 Å². The number of benzene rings is 2. The topological polar surface area (TPSA) is 105 Å². The fraction of sp³-hybridized carbons (Fsp3) is 0.500. The molecule has 0 bridgehead atoms. The summed E-state index contributed by atoms with van der Waals surface area (Å²) in [5.41, 5.74) is 1.33. The van der Waals surface area contributed by atoms with Crippen molar-refractivity contribution >= 4 is 27.5 Å². The molecule has 0 heterocycles. The van der Waals surface area contributed by atoms with Crippen LogP contribution in [0.2, 0.25) is 0 Å². The largest absolute Gasteiger partial charge is 0.497 e. The highest BCUT2D eigenvalue weighted by Crippen LogP contribution is 2.23. The van der Waals surface area contributed by atoms with E-state index < -0.39 is 16.1 Å². The number of sulfonamides is 1. The van der Waals surface area contributed by atoms with Crippen LogP contribution >= 0.6 is 0 Å². The van der Waals surface area contributed by atoms with Gasteiger partial charge in [-0.25, -0.2) is 8.42 Å². The zero-order chi connectivity index (χ0) is 28.3. The Morgan fingerprint density at radius 2 is 1.71 bits per heavy atom. The first kappa shape index (κ1) is 31.0. The molecule has 0 radical (unpaired) electrons. The van der Waals surface area contributed by atoms with Crippen LogP contribution in [-0.2, 0) is 26.2 Å². The van der Waals surface area contributed by atoms with E-state index >= 15 is 0 Å². The first-order chi connectivity index (χ1) is 18.0. The predicted molar refractivity (Wildman–Crippen MR) is 150 cm³/mol. The van der Waals surface area contributed by atoms with Crippen LogP contribution in [0.5, 0.6) is 11.5 Å². The first-order valence-corrected chi connectivity index (χ1v) is 14.7. The van der Waals surface area contributed by atoms with Crippen molar-refractivity contribution in [2.75, 3.05) is 37.4 Å². The molecule has 10 heteroatoms. The van der Waals surface area contributed by atoms with E-state index in [4.69, 9.17) is 9.47 Å². The fourth-order valence-corrected chi connectivity index (χ4v) is 4.85. The molecule has 9 nitrogen and oxygen atoms in total. The molecule has 0 saturated carbocycles. The Hall–Kier alpha value is -3.27. The summed E-state index contributed by atoms with van der Waals surface area (Å²) in [6, 6.07) is 13.5. The third-order valence-corrected chi connectivity index (χ3v) is 7.12. The highest BCUT2D eigenvalue weighted by Gasteiger charge is 2.27. The zero-order valence-corrected chi connectivity index (χ0v) is 24.1. The normalized spacial score (nSPS) is 12.1. The highest BCUT2D eigenvalue weighted by molar-refractivity contribution is 7.92. The van der Waals surface area contributed by atoms with E-state index in [0.29, 0.717) is 30.3 Å². The Morgan fingerprint density at radius 3 is 2.29 bits per heavy atom. The highest BCUT2D eigenvalue weighted by atomic mass is 32.2. The maximum absolute atomic E-state index is 13.4. The molecular formula is C28H41N3O6S. The van der Waals surface area contributed by atoms with E-state index in [1.807, 2.05) is 45.0 Å². The molecule has 0 fully saturated rings. The van der Waals surface area contributed by atoms with Crippen molar-refractivity contribution in [2.24, 2.45) is 5.92 Å². The van der Waals surface area contributed by atoms with Gasteiger partial charge in [-0.3, -0.25) is 13.9 Å². The Kier molecular flexibility index (Phi) is 11.9. The number of hydrogen-bond donors (Lipinski definition) is 1. The molecule has 0 aliphatic rings. The van der Waals surface area contributed by atoms with Gasteiger partial charge in [-0.15, -0.1) is 0 Å². The van der Waals surface area contributed by atoms with Gasteiger partial charge in [-0.2, -0.15) is 0 Å². The molecule has 0 spiro atoms. The fourth-order valence-electron chi connectivity index (χ4n) is 3.88. The zero-order valence-electron chi connectivity index (χ0n) is 23.3. The average Bonchev–Trinajstić information content (AvgIpc) is 2.88. The van der Waals surface area contributed by atoms with E-state index in [1.165, 1.54) is 9.21 Å². The lowest BCUT2D eigenvalue weighted by molar-refractivity contribution is -0.140. The molecule has 0 aromatic heterocycles. The number of rotatable bonds is 15. The molecule has 1 N–H and O–H groups in total. The summed E-state index contributed by atoms with van der Waals surface area (Å²) in [6.45, 7) is 8.95. The molecule has 38 heavy (non-hydrogen) atoms. The van der Waals surface area contributed by atoms with Gasteiger partial charge in [0.25, 0.3) is 0 Å². The van der Waals surface area contributed by atoms with Gasteiger partial charge in [0.15, 0.2) is 0 Å². The standard InChI is InChI=1S/C28H41N3O6S/c1-7-37-25-15-13-24(14-16-25)31(38(6,34)35)17-9-12-27(32)30(22(4)28(33)29-19-21(2)3)20-23-10-8-11-26(18-23)36-5/h8,10-11,13-16,18,21-22H,7,9,12,17,19-20H2,1-6H3,(H,29,33)/t22-/m0/s1. The van der Waals surface area contributed by atoms with E-state index in [-0.39, 0.29) is 43.7 Å². The number of carbonyl (C=O) groups is 2. The molecule has 2 aromatic rings. The van der Waals surface area contributed by atoms with Crippen LogP contribution in [0.4, 0.5) is 5.69 Å². The summed E-state index contributed by atoms with van der Waals surface area (Å²) in [5.74, 6) is 1.12. The Bertz CT molecular complexity index is 1150. The van der Waals surface area contributed by atoms with Crippen molar-refractivity contribution in [2.45, 2.75) is 53.1 Å². The lowest BCUT2D eigenvalue weighted by Crippen LogP contribution is -2.48. The molecule has 1 atom stereocenters. The Labute approximate surface area is 227 Å². The van der Waals surface area contributed by atoms with Gasteiger partial charge in [-0.05, 0) is 68.1 Å². The Morgan fingerprint density at radius 1 is 1.03 bits per heavy atom. The van der Waals surface area contributed by atoms with E-state index in [2.05, 4.69) is 5.32 Å². The van der Waals surface area contributed by atoms with E-state index in [9.17, 15) is 18.0 Å². The van der Waals surface area contributed by atoms with Gasteiger partial charge in [0, 0.05) is 26.1 Å². The summed E-state index contributed by atoms with van der Waals surface area (Å²) in [5, 5.41) is 2.90. The van der Waals surface area contributed by atoms with Crippen LogP contribution in [0, 0.1) is 5.92 Å². The third-order valence-electron chi connectivity index (χ3n) is 5.93. The SMILES string of the molecule is CCOc1ccc(N(CCCC(=O)N(Cc2cccc(OC)c2)[C@@H](C)C(=O)NCC(C)C)S(C)(=O)=O)cc1. The van der Waals surface area contributed by atoms with Crippen molar-refractivity contribution in [3.8, 4) is 11.5 Å². The summed E-state index contributed by atoms with van der Waals surface area (Å²) in [4.78, 5) is 27.8. The first-order valence-electron chi connectivity index (χ1n) is 12.9. The van der Waals surface area contributed by atoms with Crippen LogP contribution in [0.25, 0.3) is 0 Å². The summed E-state index contributed by atoms with van der Waals surface area (Å²) < 4.78 is 37.0. The van der Waals surface area contributed by atoms with Gasteiger partial charge in [0.1, 0.15) is 17.5 Å². The second kappa shape index (κ2) is 14.6. The smallest absolute Gasteiger partial charge is 0.242 e. The maximum Gasteiger partial charge on any atom is 0.242 e. The quantitative estimate of drug-likeness (QED) is 0.363. The number of anilines is 1. The molecule has 0 aliphatic carbocycles. The van der Waals surface area contributed by atoms with Crippen LogP contribution in [0.3, 0.4) is 0 Å². The van der Waals surface area contributed by atoms with Gasteiger partial charge in [0.05, 0.1) is 25.7 Å². The summed E-state index contributed by atoms with van der Waals surface area (Å²) >= 11 is 0. The number of nitrogens with one attached hydrogen (secondary N) is 1. The predicted octanol–water partition coefficient (Wildman–Crippen LogP) is 3.83. The van der Waals surface area contributed by atoms with Crippen LogP contribution in [0.1, 0.15) is 46.1 Å². The molecule has 0 unspecified atom stereocenters. The number of methoxy groups -OCH3 is 1. The maximum atomic E-state index is 13.4. The van der Waals surface area contributed by atoms with Crippen molar-refractivity contribution < 1.29 is 27.5 Å². The molecular weight excluding hydrogens is 506 g/mol. The number of carbonyl (C=O) groups excluding carboxylic acids is 2. The minimum atomic E-state index is -3.57. The summed E-state index contributed by atoms with van der Waals surface area (Å²) in [6.07, 6.45) is 1.50. The monoisotopic (exact) mass is 547 g/mol. The molecule has 2 aromatic carbocycles. The third kappa shape index (κ3) is 9.55. The summed E-state index contributed by atoms with van der Waals surface area (Å²) in [7, 11) is -2.00. The minimum Gasteiger partial charge on any atom is -0.497 e. The lowest BCUT2D eigenvalue weighted by Gasteiger charge is -2.30.